The van der Waals surface area contributed by atoms with Crippen LogP contribution in [0.2, 0.25) is 0 Å². The maximum Gasteiger partial charge on any atom is 0.0566 e. The van der Waals surface area contributed by atoms with Gasteiger partial charge in [0.2, 0.25) is 0 Å². The number of hydrogen-bond donors (Lipinski definition) is 2. The van der Waals surface area contributed by atoms with Crippen molar-refractivity contribution in [1.29, 1.82) is 0 Å². The van der Waals surface area contributed by atoms with Gasteiger partial charge in [-0.25, -0.2) is 0 Å². The molecule has 1 saturated carbocycles. The van der Waals surface area contributed by atoms with Crippen LogP contribution >= 0.6 is 0 Å². The second-order valence-electron chi connectivity index (χ2n) is 3.12. The van der Waals surface area contributed by atoms with Gasteiger partial charge in [-0.05, 0) is 25.2 Å². The lowest BCUT2D eigenvalue weighted by Gasteiger charge is -2.28. The summed E-state index contributed by atoms with van der Waals surface area (Å²) in [5, 5.41) is 9.24. The van der Waals surface area contributed by atoms with Crippen molar-refractivity contribution in [2.45, 2.75) is 38.3 Å². The van der Waals surface area contributed by atoms with Gasteiger partial charge < -0.3 is 10.8 Å². The Hall–Kier alpha value is -0.0800. The third kappa shape index (κ3) is 1.66. The van der Waals surface area contributed by atoms with E-state index in [1.54, 1.807) is 0 Å². The fraction of sp³-hybridized carbons (Fsp3) is 1.00. The number of hydrogen-bond acceptors (Lipinski definition) is 2. The van der Waals surface area contributed by atoms with E-state index < -0.39 is 0 Å². The molecule has 0 spiro atoms. The highest BCUT2D eigenvalue weighted by Gasteiger charge is 2.22. The van der Waals surface area contributed by atoms with Crippen LogP contribution in [0.15, 0.2) is 0 Å². The van der Waals surface area contributed by atoms with Crippen molar-refractivity contribution in [3.8, 4) is 0 Å². The predicted octanol–water partition coefficient (Wildman–Crippen LogP) is 0.495. The van der Waals surface area contributed by atoms with Gasteiger partial charge in [0, 0.05) is 6.04 Å². The Balaban J connectivity index is 2.35. The summed E-state index contributed by atoms with van der Waals surface area (Å²) in [6.45, 7) is 2.06. The van der Waals surface area contributed by atoms with Crippen molar-refractivity contribution in [2.24, 2.45) is 11.7 Å². The Morgan fingerprint density at radius 3 is 2.56 bits per heavy atom. The minimum absolute atomic E-state index is 0.0928. The van der Waals surface area contributed by atoms with Gasteiger partial charge in [-0.1, -0.05) is 6.92 Å². The van der Waals surface area contributed by atoms with Crippen LogP contribution in [0.5, 0.6) is 0 Å². The average molecular weight is 129 g/mol. The third-order valence-corrected chi connectivity index (χ3v) is 2.16. The quantitative estimate of drug-likeness (QED) is 0.500. The molecule has 0 radical (unpaired) electrons. The molecule has 2 heteroatoms. The molecule has 1 rings (SSSR count). The minimum atomic E-state index is -0.0928. The number of rotatable bonds is 0. The van der Waals surface area contributed by atoms with Crippen molar-refractivity contribution in [1.82, 2.24) is 0 Å². The summed E-state index contributed by atoms with van der Waals surface area (Å²) >= 11 is 0. The number of aliphatic hydroxyl groups is 1. The molecule has 1 fully saturated rings. The molecule has 9 heavy (non-hydrogen) atoms. The van der Waals surface area contributed by atoms with Crippen LogP contribution in [0.4, 0.5) is 0 Å². The summed E-state index contributed by atoms with van der Waals surface area (Å²) in [6, 6.07) is 0.336. The maximum atomic E-state index is 9.24. The summed E-state index contributed by atoms with van der Waals surface area (Å²) in [6.07, 6.45) is 2.78. The van der Waals surface area contributed by atoms with Gasteiger partial charge in [-0.15, -0.1) is 0 Å². The maximum absolute atomic E-state index is 9.24. The molecule has 0 aliphatic heterocycles. The molecule has 0 saturated heterocycles. The summed E-state index contributed by atoms with van der Waals surface area (Å²) in [4.78, 5) is 0. The highest BCUT2D eigenvalue weighted by molar-refractivity contribution is 4.78. The summed E-state index contributed by atoms with van der Waals surface area (Å²) < 4.78 is 0. The van der Waals surface area contributed by atoms with Crippen molar-refractivity contribution in [3.05, 3.63) is 0 Å². The molecule has 0 aromatic rings. The molecule has 0 bridgehead atoms. The van der Waals surface area contributed by atoms with E-state index in [-0.39, 0.29) is 6.10 Å². The van der Waals surface area contributed by atoms with E-state index in [9.17, 15) is 5.11 Å². The first-order chi connectivity index (χ1) is 4.20. The summed E-state index contributed by atoms with van der Waals surface area (Å²) in [5.41, 5.74) is 5.68. The molecule has 0 aromatic heterocycles. The largest absolute Gasteiger partial charge is 0.393 e. The Labute approximate surface area is 56.1 Å². The van der Waals surface area contributed by atoms with Gasteiger partial charge in [0.05, 0.1) is 6.10 Å². The van der Waals surface area contributed by atoms with Crippen molar-refractivity contribution >= 4 is 0 Å². The predicted molar refractivity (Wildman–Crippen MR) is 37.0 cm³/mol. The zero-order valence-electron chi connectivity index (χ0n) is 5.88. The smallest absolute Gasteiger partial charge is 0.0566 e. The first kappa shape index (κ1) is 7.03. The molecule has 0 heterocycles. The van der Waals surface area contributed by atoms with Gasteiger partial charge in [0.1, 0.15) is 0 Å². The molecular formula is C7H15NO. The third-order valence-electron chi connectivity index (χ3n) is 2.16. The Kier molecular flexibility index (Phi) is 2.09. The van der Waals surface area contributed by atoms with E-state index in [4.69, 9.17) is 5.73 Å². The van der Waals surface area contributed by atoms with Crippen LogP contribution in [0.25, 0.3) is 0 Å². The highest BCUT2D eigenvalue weighted by atomic mass is 16.3. The second kappa shape index (κ2) is 2.67. The van der Waals surface area contributed by atoms with Gasteiger partial charge in [-0.3, -0.25) is 0 Å². The van der Waals surface area contributed by atoms with Crippen LogP contribution in [0, 0.1) is 5.92 Å². The topological polar surface area (TPSA) is 46.2 Å². The van der Waals surface area contributed by atoms with Crippen molar-refractivity contribution in [3.63, 3.8) is 0 Å². The van der Waals surface area contributed by atoms with Gasteiger partial charge >= 0.3 is 0 Å². The number of aliphatic hydroxyl groups excluding tert-OH is 1. The lowest BCUT2D eigenvalue weighted by atomic mass is 9.85. The van der Waals surface area contributed by atoms with E-state index in [2.05, 4.69) is 6.92 Å². The minimum Gasteiger partial charge on any atom is -0.393 e. The zero-order chi connectivity index (χ0) is 6.85. The van der Waals surface area contributed by atoms with E-state index in [0.29, 0.717) is 12.0 Å². The number of nitrogens with two attached hydrogens (primary N) is 1. The molecule has 3 N–H and O–H groups in total. The van der Waals surface area contributed by atoms with Crippen LogP contribution < -0.4 is 5.73 Å². The second-order valence-corrected chi connectivity index (χ2v) is 3.12. The fourth-order valence-corrected chi connectivity index (χ4v) is 1.42. The van der Waals surface area contributed by atoms with Crippen LogP contribution in [0.1, 0.15) is 26.2 Å². The molecule has 54 valence electrons. The summed E-state index contributed by atoms with van der Waals surface area (Å²) in [7, 11) is 0. The SMILES string of the molecule is C[C@@H]1CC(N)CC[C@H]1O. The molecule has 0 aromatic carbocycles. The summed E-state index contributed by atoms with van der Waals surface area (Å²) in [5.74, 6) is 0.411. The molecule has 2 nitrogen and oxygen atoms in total. The standard InChI is InChI=1S/C7H15NO/c1-5-4-6(8)2-3-7(5)9/h5-7,9H,2-4,8H2,1H3/t5-,6?,7-/m1/s1. The zero-order valence-corrected chi connectivity index (χ0v) is 5.88. The van der Waals surface area contributed by atoms with Gasteiger partial charge in [-0.2, -0.15) is 0 Å². The van der Waals surface area contributed by atoms with E-state index >= 15 is 0 Å². The van der Waals surface area contributed by atoms with Crippen molar-refractivity contribution in [2.75, 3.05) is 0 Å². The molecule has 3 atom stereocenters. The van der Waals surface area contributed by atoms with Crippen LogP contribution in [-0.4, -0.2) is 17.3 Å². The lowest BCUT2D eigenvalue weighted by molar-refractivity contribution is 0.0721. The first-order valence-electron chi connectivity index (χ1n) is 3.64. The average Bonchev–Trinajstić information content (AvgIpc) is 1.80. The van der Waals surface area contributed by atoms with Crippen molar-refractivity contribution < 1.29 is 5.11 Å². The monoisotopic (exact) mass is 129 g/mol. The fourth-order valence-electron chi connectivity index (χ4n) is 1.42. The molecule has 1 aliphatic carbocycles. The van der Waals surface area contributed by atoms with E-state index in [1.165, 1.54) is 0 Å². The van der Waals surface area contributed by atoms with Crippen LogP contribution in [0.3, 0.4) is 0 Å². The molecule has 1 aliphatic rings. The molecule has 0 amide bonds. The molecule has 1 unspecified atom stereocenters. The Morgan fingerprint density at radius 1 is 1.44 bits per heavy atom. The molecular weight excluding hydrogens is 114 g/mol. The van der Waals surface area contributed by atoms with Gasteiger partial charge in [0.15, 0.2) is 0 Å². The Morgan fingerprint density at radius 2 is 2.11 bits per heavy atom. The highest BCUT2D eigenvalue weighted by Crippen LogP contribution is 2.22. The first-order valence-corrected chi connectivity index (χ1v) is 3.64. The van der Waals surface area contributed by atoms with Gasteiger partial charge in [0.25, 0.3) is 0 Å². The normalized spacial score (nSPS) is 45.0. The Bertz CT molecular complexity index is 94.9. The van der Waals surface area contributed by atoms with E-state index in [0.717, 1.165) is 19.3 Å². The van der Waals surface area contributed by atoms with E-state index in [1.807, 2.05) is 0 Å². The van der Waals surface area contributed by atoms with Crippen LogP contribution in [-0.2, 0) is 0 Å². The lowest BCUT2D eigenvalue weighted by Crippen LogP contribution is -2.34.